The smallest absolute Gasteiger partial charge is 0.408 e. The van der Waals surface area contributed by atoms with Gasteiger partial charge < -0.3 is 30.1 Å². The van der Waals surface area contributed by atoms with Crippen LogP contribution in [-0.2, 0) is 20.7 Å². The Morgan fingerprint density at radius 2 is 1.58 bits per heavy atom. The van der Waals surface area contributed by atoms with Gasteiger partial charge in [0.2, 0.25) is 5.91 Å². The number of nitrogens with zero attached hydrogens (tertiary/aromatic N) is 1. The summed E-state index contributed by atoms with van der Waals surface area (Å²) in [6.45, 7) is 7.21. The molecule has 228 valence electrons. The first-order valence-corrected chi connectivity index (χ1v) is 14.5. The SMILES string of the molecule is COc1ccc(NC(=O)C(c2ccc(C)cc2)N(C(=O)C(Cc2ccc(O)cc2)NC(=O)OC(C)(C)C)C2CCC2)cc1. The molecule has 4 rings (SSSR count). The molecule has 0 aliphatic heterocycles. The third-order valence-electron chi connectivity index (χ3n) is 7.36. The van der Waals surface area contributed by atoms with Crippen LogP contribution in [0.3, 0.4) is 0 Å². The van der Waals surface area contributed by atoms with Crippen molar-refractivity contribution in [2.75, 3.05) is 12.4 Å². The lowest BCUT2D eigenvalue weighted by Gasteiger charge is -2.43. The molecule has 2 unspecified atom stereocenters. The van der Waals surface area contributed by atoms with Crippen molar-refractivity contribution in [2.45, 2.75) is 77.1 Å². The van der Waals surface area contributed by atoms with Gasteiger partial charge in [0.05, 0.1) is 7.11 Å². The molecule has 1 fully saturated rings. The molecule has 3 aromatic carbocycles. The van der Waals surface area contributed by atoms with E-state index in [0.717, 1.165) is 30.4 Å². The summed E-state index contributed by atoms with van der Waals surface area (Å²) in [5.74, 6) is -0.00359. The van der Waals surface area contributed by atoms with Crippen LogP contribution in [0.15, 0.2) is 72.8 Å². The number of hydrogen-bond donors (Lipinski definition) is 3. The van der Waals surface area contributed by atoms with Crippen LogP contribution in [0.4, 0.5) is 10.5 Å². The number of aryl methyl sites for hydroxylation is 1. The van der Waals surface area contributed by atoms with Crippen LogP contribution in [-0.4, -0.2) is 52.7 Å². The van der Waals surface area contributed by atoms with E-state index in [1.807, 2.05) is 31.2 Å². The van der Waals surface area contributed by atoms with Crippen molar-refractivity contribution in [3.8, 4) is 11.5 Å². The van der Waals surface area contributed by atoms with E-state index in [1.54, 1.807) is 69.2 Å². The highest BCUT2D eigenvalue weighted by atomic mass is 16.6. The van der Waals surface area contributed by atoms with Gasteiger partial charge in [0.25, 0.3) is 5.91 Å². The fourth-order valence-electron chi connectivity index (χ4n) is 4.95. The van der Waals surface area contributed by atoms with E-state index in [9.17, 15) is 19.5 Å². The Balaban J connectivity index is 1.72. The fraction of sp³-hybridized carbons (Fsp3) is 0.382. The van der Waals surface area contributed by atoms with Gasteiger partial charge in [0.15, 0.2) is 0 Å². The lowest BCUT2D eigenvalue weighted by atomic mass is 9.87. The number of amides is 3. The van der Waals surface area contributed by atoms with Gasteiger partial charge in [-0.2, -0.15) is 0 Å². The third-order valence-corrected chi connectivity index (χ3v) is 7.36. The Hall–Kier alpha value is -4.53. The number of aromatic hydroxyl groups is 1. The maximum absolute atomic E-state index is 14.6. The number of alkyl carbamates (subject to hydrolysis) is 1. The molecule has 0 saturated heterocycles. The zero-order chi connectivity index (χ0) is 31.1. The molecule has 3 N–H and O–H groups in total. The largest absolute Gasteiger partial charge is 0.508 e. The summed E-state index contributed by atoms with van der Waals surface area (Å²) in [6.07, 6.45) is 1.82. The lowest BCUT2D eigenvalue weighted by Crippen LogP contribution is -2.57. The van der Waals surface area contributed by atoms with Crippen LogP contribution in [0.25, 0.3) is 0 Å². The minimum Gasteiger partial charge on any atom is -0.508 e. The Morgan fingerprint density at radius 1 is 0.953 bits per heavy atom. The van der Waals surface area contributed by atoms with Crippen molar-refractivity contribution >= 4 is 23.6 Å². The average Bonchev–Trinajstić information content (AvgIpc) is 2.92. The standard InChI is InChI=1S/C34H41N3O6/c1-22-9-13-24(14-10-22)30(31(39)35-25-15-19-28(42-5)20-16-25)37(26-7-6-8-26)32(40)29(36-33(41)43-34(2,3)4)21-23-11-17-27(38)18-12-23/h9-20,26,29-30,38H,6-8,21H2,1-5H3,(H,35,39)(H,36,41). The number of benzene rings is 3. The van der Waals surface area contributed by atoms with E-state index >= 15 is 0 Å². The molecule has 3 amide bonds. The maximum atomic E-state index is 14.6. The third kappa shape index (κ3) is 8.50. The minimum atomic E-state index is -1.03. The first-order valence-electron chi connectivity index (χ1n) is 14.5. The van der Waals surface area contributed by atoms with E-state index in [1.165, 1.54) is 12.1 Å². The summed E-state index contributed by atoms with van der Waals surface area (Å²) in [5, 5.41) is 15.5. The molecular weight excluding hydrogens is 546 g/mol. The summed E-state index contributed by atoms with van der Waals surface area (Å²) in [5.41, 5.74) is 2.22. The number of methoxy groups -OCH3 is 1. The molecule has 1 aliphatic carbocycles. The van der Waals surface area contributed by atoms with E-state index in [0.29, 0.717) is 17.0 Å². The summed E-state index contributed by atoms with van der Waals surface area (Å²) >= 11 is 0. The summed E-state index contributed by atoms with van der Waals surface area (Å²) in [7, 11) is 1.57. The Bertz CT molecular complexity index is 1390. The van der Waals surface area contributed by atoms with E-state index < -0.39 is 23.8 Å². The summed E-state index contributed by atoms with van der Waals surface area (Å²) in [4.78, 5) is 43.3. The highest BCUT2D eigenvalue weighted by molar-refractivity contribution is 5.99. The molecule has 3 aromatic rings. The van der Waals surface area contributed by atoms with Gasteiger partial charge in [-0.3, -0.25) is 9.59 Å². The van der Waals surface area contributed by atoms with Crippen molar-refractivity contribution in [3.05, 3.63) is 89.5 Å². The normalized spacial score (nSPS) is 14.5. The molecule has 0 aromatic heterocycles. The van der Waals surface area contributed by atoms with Crippen LogP contribution in [0.1, 0.15) is 62.8 Å². The Kier molecular flexibility index (Phi) is 9.95. The van der Waals surface area contributed by atoms with Gasteiger partial charge in [-0.25, -0.2) is 4.79 Å². The highest BCUT2D eigenvalue weighted by Crippen LogP contribution is 2.35. The average molecular weight is 588 g/mol. The molecule has 0 radical (unpaired) electrons. The second kappa shape index (κ2) is 13.6. The van der Waals surface area contributed by atoms with Crippen molar-refractivity contribution in [1.29, 1.82) is 0 Å². The molecule has 0 spiro atoms. The Labute approximate surface area is 253 Å². The molecule has 43 heavy (non-hydrogen) atoms. The zero-order valence-electron chi connectivity index (χ0n) is 25.4. The van der Waals surface area contributed by atoms with Gasteiger partial charge in [-0.05, 0) is 94.5 Å². The summed E-state index contributed by atoms with van der Waals surface area (Å²) < 4.78 is 10.8. The second-order valence-electron chi connectivity index (χ2n) is 11.9. The molecular formula is C34H41N3O6. The van der Waals surface area contributed by atoms with Gasteiger partial charge >= 0.3 is 6.09 Å². The molecule has 1 aliphatic rings. The van der Waals surface area contributed by atoms with Crippen molar-refractivity contribution in [3.63, 3.8) is 0 Å². The predicted octanol–water partition coefficient (Wildman–Crippen LogP) is 5.91. The topological polar surface area (TPSA) is 117 Å². The maximum Gasteiger partial charge on any atom is 0.408 e. The van der Waals surface area contributed by atoms with Crippen LogP contribution in [0, 0.1) is 6.92 Å². The van der Waals surface area contributed by atoms with Gasteiger partial charge in [-0.1, -0.05) is 42.0 Å². The number of carbonyl (C=O) groups is 3. The lowest BCUT2D eigenvalue weighted by molar-refractivity contribution is -0.145. The molecule has 2 atom stereocenters. The Morgan fingerprint density at radius 3 is 2.12 bits per heavy atom. The first-order chi connectivity index (χ1) is 20.4. The summed E-state index contributed by atoms with van der Waals surface area (Å²) in [6, 6.07) is 18.9. The van der Waals surface area contributed by atoms with Crippen LogP contribution < -0.4 is 15.4 Å². The quantitative estimate of drug-likeness (QED) is 0.272. The molecule has 9 heteroatoms. The first kappa shape index (κ1) is 31.4. The molecule has 9 nitrogen and oxygen atoms in total. The number of nitrogens with one attached hydrogen (secondary N) is 2. The highest BCUT2D eigenvalue weighted by Gasteiger charge is 2.42. The number of ether oxygens (including phenoxy) is 2. The monoisotopic (exact) mass is 587 g/mol. The number of phenols is 1. The van der Waals surface area contributed by atoms with Crippen molar-refractivity contribution in [2.24, 2.45) is 0 Å². The van der Waals surface area contributed by atoms with Gasteiger partial charge in [-0.15, -0.1) is 0 Å². The van der Waals surface area contributed by atoms with Gasteiger partial charge in [0.1, 0.15) is 29.2 Å². The van der Waals surface area contributed by atoms with E-state index in [4.69, 9.17) is 9.47 Å². The van der Waals surface area contributed by atoms with Crippen molar-refractivity contribution in [1.82, 2.24) is 10.2 Å². The number of hydrogen-bond acceptors (Lipinski definition) is 6. The van der Waals surface area contributed by atoms with Crippen LogP contribution >= 0.6 is 0 Å². The van der Waals surface area contributed by atoms with E-state index in [2.05, 4.69) is 10.6 Å². The number of carbonyl (C=O) groups excluding carboxylic acids is 3. The van der Waals surface area contributed by atoms with E-state index in [-0.39, 0.29) is 30.0 Å². The number of phenolic OH excluding ortho intramolecular Hbond substituents is 1. The fourth-order valence-corrected chi connectivity index (χ4v) is 4.95. The van der Waals surface area contributed by atoms with Crippen LogP contribution in [0.5, 0.6) is 11.5 Å². The second-order valence-corrected chi connectivity index (χ2v) is 11.9. The predicted molar refractivity (Wildman–Crippen MR) is 165 cm³/mol. The number of rotatable bonds is 10. The van der Waals surface area contributed by atoms with Crippen LogP contribution in [0.2, 0.25) is 0 Å². The number of anilines is 1. The van der Waals surface area contributed by atoms with Gasteiger partial charge in [0, 0.05) is 18.2 Å². The van der Waals surface area contributed by atoms with Crippen molar-refractivity contribution < 1.29 is 29.0 Å². The zero-order valence-corrected chi connectivity index (χ0v) is 25.4. The molecule has 0 heterocycles. The minimum absolute atomic E-state index is 0.0949. The molecule has 0 bridgehead atoms. The molecule has 1 saturated carbocycles.